The molecule has 21 heavy (non-hydrogen) atoms. The number of thiocarbonyl (C=S) groups is 1. The molecule has 2 aromatic rings. The number of thiophene rings is 1. The van der Waals surface area contributed by atoms with Gasteiger partial charge in [0, 0.05) is 10.6 Å². The van der Waals surface area contributed by atoms with Gasteiger partial charge in [-0.25, -0.2) is 0 Å². The highest BCUT2D eigenvalue weighted by Gasteiger charge is 2.17. The number of benzene rings is 1. The average Bonchev–Trinajstić information content (AvgIpc) is 2.99. The quantitative estimate of drug-likeness (QED) is 0.798. The Morgan fingerprint density at radius 1 is 1.19 bits per heavy atom. The zero-order valence-corrected chi connectivity index (χ0v) is 14.1. The summed E-state index contributed by atoms with van der Waals surface area (Å²) < 4.78 is 5.14. The van der Waals surface area contributed by atoms with Crippen molar-refractivity contribution in [2.24, 2.45) is 5.92 Å². The Labute approximate surface area is 135 Å². The van der Waals surface area contributed by atoms with Crippen LogP contribution in [-0.4, -0.2) is 12.2 Å². The van der Waals surface area contributed by atoms with Crippen LogP contribution in [0.5, 0.6) is 5.75 Å². The second-order valence-electron chi connectivity index (χ2n) is 5.06. The third kappa shape index (κ3) is 4.44. The first-order chi connectivity index (χ1) is 10.1. The van der Waals surface area contributed by atoms with E-state index in [9.17, 15) is 0 Å². The molecule has 112 valence electrons. The lowest BCUT2D eigenvalue weighted by Crippen LogP contribution is -2.34. The van der Waals surface area contributed by atoms with E-state index in [4.69, 9.17) is 17.0 Å². The maximum atomic E-state index is 5.42. The minimum absolute atomic E-state index is 0.225. The Morgan fingerprint density at radius 2 is 1.90 bits per heavy atom. The normalized spacial score (nSPS) is 12.0. The van der Waals surface area contributed by atoms with Gasteiger partial charge >= 0.3 is 0 Å². The van der Waals surface area contributed by atoms with Crippen LogP contribution in [0.15, 0.2) is 41.8 Å². The van der Waals surface area contributed by atoms with Gasteiger partial charge < -0.3 is 15.4 Å². The van der Waals surface area contributed by atoms with Crippen molar-refractivity contribution in [3.8, 4) is 5.75 Å². The maximum absolute atomic E-state index is 5.42. The zero-order valence-electron chi connectivity index (χ0n) is 12.4. The first-order valence-corrected chi connectivity index (χ1v) is 8.14. The van der Waals surface area contributed by atoms with Crippen LogP contribution in [-0.2, 0) is 0 Å². The van der Waals surface area contributed by atoms with Gasteiger partial charge in [-0.2, -0.15) is 0 Å². The molecule has 3 nitrogen and oxygen atoms in total. The molecule has 0 fully saturated rings. The van der Waals surface area contributed by atoms with Gasteiger partial charge in [-0.1, -0.05) is 19.9 Å². The van der Waals surface area contributed by atoms with Crippen LogP contribution in [0.1, 0.15) is 24.8 Å². The van der Waals surface area contributed by atoms with Crippen molar-refractivity contribution in [3.05, 3.63) is 46.7 Å². The fourth-order valence-corrected chi connectivity index (χ4v) is 3.21. The maximum Gasteiger partial charge on any atom is 0.171 e. The topological polar surface area (TPSA) is 33.3 Å². The molecule has 0 spiro atoms. The van der Waals surface area contributed by atoms with Gasteiger partial charge in [0.15, 0.2) is 5.11 Å². The SMILES string of the molecule is COc1ccc(NC(=S)N[C@@H](c2cccs2)C(C)C)cc1. The molecule has 0 unspecified atom stereocenters. The second kappa shape index (κ2) is 7.43. The van der Waals surface area contributed by atoms with Gasteiger partial charge in [0.25, 0.3) is 0 Å². The summed E-state index contributed by atoms with van der Waals surface area (Å²) in [5.41, 5.74) is 0.946. The minimum atomic E-state index is 0.225. The van der Waals surface area contributed by atoms with E-state index in [1.807, 2.05) is 24.3 Å². The van der Waals surface area contributed by atoms with Gasteiger partial charge in [-0.3, -0.25) is 0 Å². The lowest BCUT2D eigenvalue weighted by Gasteiger charge is -2.23. The van der Waals surface area contributed by atoms with E-state index in [0.29, 0.717) is 11.0 Å². The molecule has 0 amide bonds. The van der Waals surface area contributed by atoms with E-state index in [1.54, 1.807) is 18.4 Å². The smallest absolute Gasteiger partial charge is 0.171 e. The van der Waals surface area contributed by atoms with E-state index in [0.717, 1.165) is 11.4 Å². The number of rotatable bonds is 5. The molecular weight excluding hydrogens is 300 g/mol. The predicted molar refractivity (Wildman–Crippen MR) is 94.2 cm³/mol. The number of nitrogens with one attached hydrogen (secondary N) is 2. The number of anilines is 1. The summed E-state index contributed by atoms with van der Waals surface area (Å²) in [6, 6.07) is 12.1. The summed E-state index contributed by atoms with van der Waals surface area (Å²) >= 11 is 7.16. The second-order valence-corrected chi connectivity index (χ2v) is 6.45. The molecule has 0 aliphatic heterocycles. The first kappa shape index (κ1) is 15.8. The van der Waals surface area contributed by atoms with Crippen LogP contribution in [0.3, 0.4) is 0 Å². The Kier molecular flexibility index (Phi) is 5.59. The molecule has 1 atom stereocenters. The average molecular weight is 320 g/mol. The predicted octanol–water partition coefficient (Wildman–Crippen LogP) is 4.44. The van der Waals surface area contributed by atoms with Gasteiger partial charge in [0.05, 0.1) is 13.2 Å². The highest BCUT2D eigenvalue weighted by molar-refractivity contribution is 7.80. The Bertz CT molecular complexity index is 564. The third-order valence-corrected chi connectivity index (χ3v) is 4.33. The standard InChI is InChI=1S/C16H20N2OS2/c1-11(2)15(14-5-4-10-21-14)18-16(20)17-12-6-8-13(19-3)9-7-12/h4-11,15H,1-3H3,(H2,17,18,20)/t15-/m1/s1. The Morgan fingerprint density at radius 3 is 2.43 bits per heavy atom. The summed E-state index contributed by atoms with van der Waals surface area (Å²) in [4.78, 5) is 1.30. The molecule has 1 heterocycles. The van der Waals surface area contributed by atoms with Crippen molar-refractivity contribution < 1.29 is 4.74 Å². The van der Waals surface area contributed by atoms with Crippen LogP contribution in [0.2, 0.25) is 0 Å². The van der Waals surface area contributed by atoms with E-state index < -0.39 is 0 Å². The molecule has 2 rings (SSSR count). The van der Waals surface area contributed by atoms with Crippen LogP contribution in [0.25, 0.3) is 0 Å². The summed E-state index contributed by atoms with van der Waals surface area (Å²) in [6.07, 6.45) is 0. The van der Waals surface area contributed by atoms with Gasteiger partial charge in [0.2, 0.25) is 0 Å². The third-order valence-electron chi connectivity index (χ3n) is 3.15. The summed E-state index contributed by atoms with van der Waals surface area (Å²) in [7, 11) is 1.66. The van der Waals surface area contributed by atoms with Gasteiger partial charge in [-0.05, 0) is 53.8 Å². The fourth-order valence-electron chi connectivity index (χ4n) is 2.02. The highest BCUT2D eigenvalue weighted by Crippen LogP contribution is 2.26. The van der Waals surface area contributed by atoms with Crippen molar-refractivity contribution in [1.29, 1.82) is 0 Å². The Hall–Kier alpha value is -1.59. The van der Waals surface area contributed by atoms with E-state index >= 15 is 0 Å². The fraction of sp³-hybridized carbons (Fsp3) is 0.312. The molecule has 1 aromatic carbocycles. The lowest BCUT2D eigenvalue weighted by molar-refractivity contribution is 0.415. The summed E-state index contributed by atoms with van der Waals surface area (Å²) in [5.74, 6) is 1.29. The molecule has 1 aromatic heterocycles. The molecular formula is C16H20N2OS2. The van der Waals surface area contributed by atoms with Crippen LogP contribution < -0.4 is 15.4 Å². The van der Waals surface area contributed by atoms with E-state index in [2.05, 4.69) is 42.0 Å². The van der Waals surface area contributed by atoms with Crippen molar-refractivity contribution in [3.63, 3.8) is 0 Å². The van der Waals surface area contributed by atoms with Crippen molar-refractivity contribution in [2.45, 2.75) is 19.9 Å². The summed E-state index contributed by atoms with van der Waals surface area (Å²) in [5, 5.41) is 9.33. The molecule has 5 heteroatoms. The monoisotopic (exact) mass is 320 g/mol. The number of hydrogen-bond acceptors (Lipinski definition) is 3. The Balaban J connectivity index is 1.99. The van der Waals surface area contributed by atoms with Gasteiger partial charge in [-0.15, -0.1) is 11.3 Å². The minimum Gasteiger partial charge on any atom is -0.497 e. The largest absolute Gasteiger partial charge is 0.497 e. The number of hydrogen-bond donors (Lipinski definition) is 2. The van der Waals surface area contributed by atoms with Crippen LogP contribution in [0, 0.1) is 5.92 Å². The first-order valence-electron chi connectivity index (χ1n) is 6.85. The molecule has 0 saturated carbocycles. The van der Waals surface area contributed by atoms with Crippen molar-refractivity contribution >= 4 is 34.4 Å². The van der Waals surface area contributed by atoms with Crippen LogP contribution >= 0.6 is 23.6 Å². The number of ether oxygens (including phenoxy) is 1. The van der Waals surface area contributed by atoms with Crippen LogP contribution in [0.4, 0.5) is 5.69 Å². The van der Waals surface area contributed by atoms with E-state index in [1.165, 1.54) is 4.88 Å². The molecule has 0 aliphatic carbocycles. The zero-order chi connectivity index (χ0) is 15.2. The van der Waals surface area contributed by atoms with Crippen molar-refractivity contribution in [2.75, 3.05) is 12.4 Å². The van der Waals surface area contributed by atoms with E-state index in [-0.39, 0.29) is 6.04 Å². The number of methoxy groups -OCH3 is 1. The molecule has 0 radical (unpaired) electrons. The van der Waals surface area contributed by atoms with Crippen molar-refractivity contribution in [1.82, 2.24) is 5.32 Å². The van der Waals surface area contributed by atoms with Gasteiger partial charge in [0.1, 0.15) is 5.75 Å². The molecule has 0 bridgehead atoms. The lowest BCUT2D eigenvalue weighted by atomic mass is 10.0. The summed E-state index contributed by atoms with van der Waals surface area (Å²) in [6.45, 7) is 4.38. The molecule has 0 aliphatic rings. The molecule has 2 N–H and O–H groups in total. The molecule has 0 saturated heterocycles. The highest BCUT2D eigenvalue weighted by atomic mass is 32.1.